The van der Waals surface area contributed by atoms with Gasteiger partial charge in [-0.05, 0) is 159 Å². The minimum atomic E-state index is -4.23. The van der Waals surface area contributed by atoms with E-state index in [0.29, 0.717) is 90.1 Å². The van der Waals surface area contributed by atoms with Crippen molar-refractivity contribution in [1.82, 2.24) is 4.58 Å². The molecule has 0 bridgehead atoms. The lowest BCUT2D eigenvalue weighted by Gasteiger charge is -2.11. The Hall–Kier alpha value is -8.92. The molecule has 20 nitrogen and oxygen atoms in total. The largest absolute Gasteiger partial charge is 0.505 e. The molecule has 5 N–H and O–H groups in total. The number of nitrogens with zero attached hydrogens (tertiary/aromatic N) is 9. The number of isocyanates is 1. The van der Waals surface area contributed by atoms with Crippen LogP contribution in [0.15, 0.2) is 168 Å². The molecule has 0 saturated heterocycles. The monoisotopic (exact) mass is 1090 g/mol. The molecular formula is C56H53N10O10S2+. The number of aromatic hydroxyl groups is 1. The van der Waals surface area contributed by atoms with Gasteiger partial charge >= 0.3 is 6.08 Å². The van der Waals surface area contributed by atoms with Gasteiger partial charge in [0, 0.05) is 46.8 Å². The zero-order chi connectivity index (χ0) is 55.7. The van der Waals surface area contributed by atoms with Gasteiger partial charge in [-0.1, -0.05) is 28.8 Å². The molecule has 0 fully saturated rings. The number of carbonyl (C=O) groups excluding carboxylic acids is 1. The van der Waals surface area contributed by atoms with E-state index >= 15 is 0 Å². The van der Waals surface area contributed by atoms with Crippen molar-refractivity contribution in [3.63, 3.8) is 0 Å². The highest BCUT2D eigenvalue weighted by Crippen LogP contribution is 2.41. The molecule has 0 aromatic heterocycles. The van der Waals surface area contributed by atoms with Gasteiger partial charge in [-0.2, -0.15) is 52.3 Å². The van der Waals surface area contributed by atoms with E-state index in [-0.39, 0.29) is 43.2 Å². The molecule has 0 aliphatic carbocycles. The number of azo groups is 4. The van der Waals surface area contributed by atoms with Gasteiger partial charge in [-0.25, -0.2) is 0 Å². The number of phenols is 1. The van der Waals surface area contributed by atoms with Gasteiger partial charge in [0.1, 0.15) is 22.9 Å². The Morgan fingerprint density at radius 3 is 1.51 bits per heavy atom. The van der Waals surface area contributed by atoms with Crippen molar-refractivity contribution in [1.29, 1.82) is 0 Å². The number of hydrogen-bond donors (Lipinski definition) is 4. The first-order valence-electron chi connectivity index (χ1n) is 24.2. The number of hydrogen-bond acceptors (Lipinski definition) is 17. The summed E-state index contributed by atoms with van der Waals surface area (Å²) >= 11 is 0. The molecule has 0 atom stereocenters. The van der Waals surface area contributed by atoms with Crippen molar-refractivity contribution >= 4 is 110 Å². The molecule has 0 saturated carbocycles. The van der Waals surface area contributed by atoms with Gasteiger partial charge in [0.25, 0.3) is 20.2 Å². The summed E-state index contributed by atoms with van der Waals surface area (Å²) in [5, 5.41) is 50.1. The third-order valence-electron chi connectivity index (χ3n) is 12.3. The quantitative estimate of drug-likeness (QED) is 0.0106. The topological polar surface area (TPSA) is 292 Å². The molecule has 398 valence electrons. The molecule has 0 amide bonds. The molecule has 0 heterocycles. The van der Waals surface area contributed by atoms with Crippen LogP contribution in [0, 0.1) is 34.6 Å². The molecule has 8 aromatic carbocycles. The highest BCUT2D eigenvalue weighted by atomic mass is 32.2. The van der Waals surface area contributed by atoms with Gasteiger partial charge < -0.3 is 20.3 Å². The van der Waals surface area contributed by atoms with Crippen molar-refractivity contribution in [2.24, 2.45) is 40.9 Å². The minimum Gasteiger partial charge on any atom is -0.505 e. The molecule has 0 radical (unpaired) electrons. The van der Waals surface area contributed by atoms with Crippen LogP contribution in [0.2, 0.25) is 0 Å². The number of nitrogens with two attached hydrogens (primary N) is 1. The minimum absolute atomic E-state index is 0.00284. The number of rotatable bonds is 20. The van der Waals surface area contributed by atoms with E-state index in [1.807, 2.05) is 83.2 Å². The van der Waals surface area contributed by atoms with Crippen LogP contribution in [0.5, 0.6) is 17.2 Å². The Morgan fingerprint density at radius 1 is 0.487 bits per heavy atom. The van der Waals surface area contributed by atoms with Crippen LogP contribution >= 0.6 is 0 Å². The molecular weight excluding hydrogens is 1040 g/mol. The first-order valence-corrected chi connectivity index (χ1v) is 27.5. The molecule has 22 heteroatoms. The van der Waals surface area contributed by atoms with E-state index in [4.69, 9.17) is 19.8 Å². The van der Waals surface area contributed by atoms with Crippen molar-refractivity contribution in [3.05, 3.63) is 155 Å². The molecule has 0 aliphatic rings. The summed E-state index contributed by atoms with van der Waals surface area (Å²) in [4.78, 5) is 12.0. The maximum atomic E-state index is 12.0. The first kappa shape index (κ1) is 55.3. The van der Waals surface area contributed by atoms with Gasteiger partial charge in [0.2, 0.25) is 11.4 Å². The van der Waals surface area contributed by atoms with Crippen molar-refractivity contribution in [2.75, 3.05) is 30.5 Å². The molecule has 0 unspecified atom stereocenters. The van der Waals surface area contributed by atoms with Crippen LogP contribution in [-0.4, -0.2) is 61.8 Å². The molecule has 78 heavy (non-hydrogen) atoms. The zero-order valence-corrected chi connectivity index (χ0v) is 44.6. The number of nitrogen functional groups attached to an aromatic ring is 1. The van der Waals surface area contributed by atoms with Crippen LogP contribution in [0.1, 0.15) is 40.7 Å². The Morgan fingerprint density at radius 2 is 0.962 bits per heavy atom. The fourth-order valence-corrected chi connectivity index (χ4v) is 9.02. The van der Waals surface area contributed by atoms with E-state index in [0.717, 1.165) is 21.9 Å². The molecule has 8 aromatic rings. The summed E-state index contributed by atoms with van der Waals surface area (Å²) in [6, 6.07) is 37.0. The number of fused-ring (bicyclic) bond motifs is 2. The maximum absolute atomic E-state index is 12.0. The molecule has 0 aliphatic heterocycles. The summed E-state index contributed by atoms with van der Waals surface area (Å²) in [5.74, 6) is -0.210. The molecule has 0 spiro atoms. The second-order valence-electron chi connectivity index (χ2n) is 18.3. The number of benzene rings is 8. The average molecular weight is 1090 g/mol. The van der Waals surface area contributed by atoms with Crippen LogP contribution < -0.4 is 19.8 Å². The highest BCUT2D eigenvalue weighted by Gasteiger charge is 2.18. The summed E-state index contributed by atoms with van der Waals surface area (Å²) in [5.41, 5.74) is 14.9. The van der Waals surface area contributed by atoms with Crippen molar-refractivity contribution < 1.29 is 45.3 Å². The predicted octanol–water partition coefficient (Wildman–Crippen LogP) is 15.0. The van der Waals surface area contributed by atoms with Gasteiger partial charge in [-0.3, -0.25) is 9.11 Å². The van der Waals surface area contributed by atoms with Gasteiger partial charge in [0.15, 0.2) is 5.75 Å². The first-order chi connectivity index (χ1) is 37.2. The van der Waals surface area contributed by atoms with E-state index in [1.165, 1.54) is 4.58 Å². The maximum Gasteiger partial charge on any atom is 0.437 e. The van der Waals surface area contributed by atoms with Gasteiger partial charge in [-0.15, -0.1) is 10.2 Å². The van der Waals surface area contributed by atoms with E-state index in [2.05, 4.69) is 40.9 Å². The fourth-order valence-electron chi connectivity index (χ4n) is 8.05. The SMILES string of the molecule is Cc1cc(N=Nc2cc(OCCCS(=O)(=O)O)c(N=Nc3cc(C)c(N=Nc4ccc5cc([N+](=C=O)c6ccc(N)cc6)ccc5c4O)cc3C)cc2C)c(C)cc1N=Nc1ccc2cccc(OCCCS(=O)(=O)O)c2c1. The lowest BCUT2D eigenvalue weighted by Crippen LogP contribution is -2.08. The predicted molar refractivity (Wildman–Crippen MR) is 300 cm³/mol. The molecule has 8 rings (SSSR count). The van der Waals surface area contributed by atoms with Crippen molar-refractivity contribution in [3.8, 4) is 17.2 Å². The lowest BCUT2D eigenvalue weighted by molar-refractivity contribution is 0.317. The van der Waals surface area contributed by atoms with E-state index < -0.39 is 31.7 Å². The zero-order valence-electron chi connectivity index (χ0n) is 43.0. The summed E-state index contributed by atoms with van der Waals surface area (Å²) in [7, 11) is -8.32. The number of aryl methyl sites for hydroxylation is 5. The third kappa shape index (κ3) is 14.1. The average Bonchev–Trinajstić information content (AvgIpc) is 3.40. The number of anilines is 1. The lowest BCUT2D eigenvalue weighted by atomic mass is 10.1. The summed E-state index contributed by atoms with van der Waals surface area (Å²) in [6.45, 7) is 9.27. The van der Waals surface area contributed by atoms with Crippen LogP contribution in [-0.2, 0) is 25.0 Å². The smallest absolute Gasteiger partial charge is 0.437 e. The van der Waals surface area contributed by atoms with E-state index in [1.54, 1.807) is 84.9 Å². The highest BCUT2D eigenvalue weighted by molar-refractivity contribution is 7.86. The van der Waals surface area contributed by atoms with Crippen LogP contribution in [0.3, 0.4) is 0 Å². The Bertz CT molecular complexity index is 4030. The second kappa shape index (κ2) is 24.0. The van der Waals surface area contributed by atoms with Gasteiger partial charge in [0.05, 0.1) is 58.8 Å². The number of phenolic OH excluding ortho intramolecular Hbond substituents is 1. The third-order valence-corrected chi connectivity index (χ3v) is 13.9. The normalized spacial score (nSPS) is 12.2. The van der Waals surface area contributed by atoms with Crippen LogP contribution in [0.25, 0.3) is 21.5 Å². The Balaban J connectivity index is 0.987. The standard InChI is InChI=1S/C56H52N10O10S2/c1-34-26-50(35(2)25-48(34)60-58-42-15-11-39-9-6-10-54(46(39)31-42)75-21-7-23-77(69,70)71)62-64-52-32-55(76-22-8-24-78(72,73)74)53(29-38(52)5)65-63-51-28-36(3)49(27-37(51)4)61-59-47-20-12-40-30-44(18-19-45(40)56(47)68)66(33-67)43-16-13-41(57)14-17-43/h6,9-20,25-32H,7-8,21-24,57H2,1-5H3,(H2-,58,61,62,65,68,69,70,71,72,73,74)/p+1. The Labute approximate surface area is 449 Å². The van der Waals surface area contributed by atoms with Crippen molar-refractivity contribution in [2.45, 2.75) is 47.5 Å². The Kier molecular flexibility index (Phi) is 17.0. The summed E-state index contributed by atoms with van der Waals surface area (Å²) < 4.78 is 76.8. The summed E-state index contributed by atoms with van der Waals surface area (Å²) in [6.07, 6.45) is 2.06. The van der Waals surface area contributed by atoms with E-state index in [9.17, 15) is 31.3 Å². The fraction of sp³-hybridized carbons (Fsp3) is 0.196. The second-order valence-corrected chi connectivity index (χ2v) is 21.4. The number of ether oxygens (including phenoxy) is 2. The van der Waals surface area contributed by atoms with Crippen LogP contribution in [0.4, 0.5) is 62.6 Å².